The molecule has 162 valence electrons. The van der Waals surface area contributed by atoms with E-state index in [9.17, 15) is 9.59 Å². The maximum absolute atomic E-state index is 12.5. The van der Waals surface area contributed by atoms with Gasteiger partial charge in [0, 0.05) is 44.6 Å². The van der Waals surface area contributed by atoms with Gasteiger partial charge in [0.25, 0.3) is 0 Å². The Balaban J connectivity index is 1.65. The summed E-state index contributed by atoms with van der Waals surface area (Å²) in [5.74, 6) is -0.470. The van der Waals surface area contributed by atoms with Gasteiger partial charge in [0.05, 0.1) is 39.2 Å². The van der Waals surface area contributed by atoms with E-state index < -0.39 is 11.8 Å². The Morgan fingerprint density at radius 1 is 1.13 bits per heavy atom. The van der Waals surface area contributed by atoms with E-state index in [0.717, 1.165) is 18.8 Å². The molecule has 1 aliphatic heterocycles. The van der Waals surface area contributed by atoms with Crippen LogP contribution in [-0.4, -0.2) is 68.3 Å². The van der Waals surface area contributed by atoms with Gasteiger partial charge in [-0.25, -0.2) is 0 Å². The number of nitrogens with zero attached hydrogens (tertiary/aromatic N) is 2. The van der Waals surface area contributed by atoms with E-state index in [0.29, 0.717) is 36.9 Å². The normalized spacial score (nSPS) is 15.3. The number of carbonyl (C=O) groups is 2. The Morgan fingerprint density at radius 3 is 2.53 bits per heavy atom. The summed E-state index contributed by atoms with van der Waals surface area (Å²) in [7, 11) is 4.99. The summed E-state index contributed by atoms with van der Waals surface area (Å²) in [6.07, 6.45) is 1.97. The van der Waals surface area contributed by atoms with Gasteiger partial charge in [-0.1, -0.05) is 0 Å². The highest BCUT2D eigenvalue weighted by Crippen LogP contribution is 2.29. The molecule has 0 radical (unpaired) electrons. The number of hydrogen-bond donors (Lipinski definition) is 2. The largest absolute Gasteiger partial charge is 0.497 e. The fraction of sp³-hybridized carbons (Fsp3) is 0.429. The minimum absolute atomic E-state index is 0.0545. The molecule has 0 saturated carbocycles. The molecule has 1 aliphatic rings. The monoisotopic (exact) mass is 416 g/mol. The lowest BCUT2D eigenvalue weighted by Gasteiger charge is -2.34. The highest BCUT2D eigenvalue weighted by atomic mass is 16.5. The van der Waals surface area contributed by atoms with Gasteiger partial charge in [0.15, 0.2) is 0 Å². The van der Waals surface area contributed by atoms with Crippen molar-refractivity contribution in [1.29, 1.82) is 0 Å². The smallest absolute Gasteiger partial charge is 0.313 e. The summed E-state index contributed by atoms with van der Waals surface area (Å²) in [5, 5.41) is 5.35. The number of anilines is 1. The zero-order chi connectivity index (χ0) is 21.5. The van der Waals surface area contributed by atoms with E-state index in [1.807, 2.05) is 29.9 Å². The van der Waals surface area contributed by atoms with Gasteiger partial charge in [-0.2, -0.15) is 0 Å². The van der Waals surface area contributed by atoms with E-state index in [1.165, 1.54) is 14.2 Å². The van der Waals surface area contributed by atoms with Crippen LogP contribution >= 0.6 is 0 Å². The van der Waals surface area contributed by atoms with Crippen LogP contribution in [0.15, 0.2) is 36.5 Å². The highest BCUT2D eigenvalue weighted by molar-refractivity contribution is 6.39. The van der Waals surface area contributed by atoms with Gasteiger partial charge in [0.2, 0.25) is 0 Å². The van der Waals surface area contributed by atoms with Crippen molar-refractivity contribution in [1.82, 2.24) is 14.8 Å². The van der Waals surface area contributed by atoms with Gasteiger partial charge in [0.1, 0.15) is 11.5 Å². The predicted octanol–water partition coefficient (Wildman–Crippen LogP) is 1.17. The number of morpholine rings is 1. The second kappa shape index (κ2) is 10.1. The Kier molecular flexibility index (Phi) is 7.31. The highest BCUT2D eigenvalue weighted by Gasteiger charge is 2.26. The first-order chi connectivity index (χ1) is 14.5. The molecule has 9 heteroatoms. The number of aryl methyl sites for hydroxylation is 1. The average molecular weight is 416 g/mol. The molecular weight excluding hydrogens is 388 g/mol. The maximum atomic E-state index is 12.5. The second-order valence-corrected chi connectivity index (χ2v) is 6.94. The first-order valence-corrected chi connectivity index (χ1v) is 9.77. The van der Waals surface area contributed by atoms with Gasteiger partial charge in [-0.05, 0) is 24.3 Å². The molecule has 0 spiro atoms. The molecule has 2 aromatic rings. The molecule has 0 bridgehead atoms. The Morgan fingerprint density at radius 2 is 1.90 bits per heavy atom. The molecule has 2 heterocycles. The number of ether oxygens (including phenoxy) is 3. The first-order valence-electron chi connectivity index (χ1n) is 9.77. The lowest BCUT2D eigenvalue weighted by molar-refractivity contribution is -0.136. The number of nitrogens with one attached hydrogen (secondary N) is 2. The number of methoxy groups -OCH3 is 2. The average Bonchev–Trinajstić information content (AvgIpc) is 3.20. The molecule has 1 aromatic heterocycles. The number of rotatable bonds is 7. The lowest BCUT2D eigenvalue weighted by Crippen LogP contribution is -2.46. The van der Waals surface area contributed by atoms with Gasteiger partial charge in [-0.15, -0.1) is 0 Å². The molecule has 2 N–H and O–H groups in total. The quantitative estimate of drug-likeness (QED) is 0.658. The van der Waals surface area contributed by atoms with Crippen LogP contribution < -0.4 is 20.1 Å². The summed E-state index contributed by atoms with van der Waals surface area (Å²) in [5.41, 5.74) is 1.46. The molecule has 0 aliphatic carbocycles. The van der Waals surface area contributed by atoms with E-state index in [-0.39, 0.29) is 6.04 Å². The predicted molar refractivity (Wildman–Crippen MR) is 112 cm³/mol. The first kappa shape index (κ1) is 21.7. The van der Waals surface area contributed by atoms with Crippen LogP contribution in [0, 0.1) is 0 Å². The van der Waals surface area contributed by atoms with Crippen molar-refractivity contribution in [3.63, 3.8) is 0 Å². The molecule has 0 unspecified atom stereocenters. The number of amides is 2. The number of hydrogen-bond acceptors (Lipinski definition) is 6. The molecule has 1 fully saturated rings. The summed E-state index contributed by atoms with van der Waals surface area (Å²) in [6, 6.07) is 8.88. The van der Waals surface area contributed by atoms with Crippen molar-refractivity contribution in [3.05, 3.63) is 42.2 Å². The molecule has 3 rings (SSSR count). The van der Waals surface area contributed by atoms with Crippen LogP contribution in [0.1, 0.15) is 11.7 Å². The maximum Gasteiger partial charge on any atom is 0.313 e. The molecule has 30 heavy (non-hydrogen) atoms. The van der Waals surface area contributed by atoms with Crippen molar-refractivity contribution in [2.45, 2.75) is 6.04 Å². The van der Waals surface area contributed by atoms with Crippen LogP contribution in [0.4, 0.5) is 5.69 Å². The van der Waals surface area contributed by atoms with Gasteiger partial charge >= 0.3 is 11.8 Å². The lowest BCUT2D eigenvalue weighted by atomic mass is 10.1. The van der Waals surface area contributed by atoms with E-state index >= 15 is 0 Å². The summed E-state index contributed by atoms with van der Waals surface area (Å²) >= 11 is 0. The number of benzene rings is 1. The van der Waals surface area contributed by atoms with Crippen molar-refractivity contribution in [2.24, 2.45) is 7.05 Å². The third-order valence-electron chi connectivity index (χ3n) is 5.13. The molecule has 1 saturated heterocycles. The molecule has 1 atom stereocenters. The van der Waals surface area contributed by atoms with E-state index in [4.69, 9.17) is 14.2 Å². The van der Waals surface area contributed by atoms with Crippen molar-refractivity contribution < 1.29 is 23.8 Å². The molecular formula is C21H28N4O5. The standard InChI is InChI=1S/C21H28N4O5/c1-24-8-4-5-17(24)18(25-9-11-30-12-10-25)14-22-20(26)21(27)23-16-7-6-15(28-2)13-19(16)29-3/h4-8,13,18H,9-12,14H2,1-3H3,(H,22,26)(H,23,27)/t18-/m0/s1. The van der Waals surface area contributed by atoms with Crippen molar-refractivity contribution in [3.8, 4) is 11.5 Å². The zero-order valence-corrected chi connectivity index (χ0v) is 17.5. The van der Waals surface area contributed by atoms with Crippen LogP contribution in [0.5, 0.6) is 11.5 Å². The van der Waals surface area contributed by atoms with Crippen molar-refractivity contribution in [2.75, 3.05) is 52.4 Å². The van der Waals surface area contributed by atoms with Crippen LogP contribution in [0.2, 0.25) is 0 Å². The van der Waals surface area contributed by atoms with Crippen molar-refractivity contribution >= 4 is 17.5 Å². The van der Waals surface area contributed by atoms with Gasteiger partial charge < -0.3 is 29.4 Å². The number of aromatic nitrogens is 1. The summed E-state index contributed by atoms with van der Waals surface area (Å²) < 4.78 is 17.9. The molecule has 2 amide bonds. The fourth-order valence-corrected chi connectivity index (χ4v) is 3.48. The topological polar surface area (TPSA) is 94.1 Å². The van der Waals surface area contributed by atoms with Crippen LogP contribution in [-0.2, 0) is 21.4 Å². The van der Waals surface area contributed by atoms with Gasteiger partial charge in [-0.3, -0.25) is 14.5 Å². The summed E-state index contributed by atoms with van der Waals surface area (Å²) in [4.78, 5) is 27.2. The summed E-state index contributed by atoms with van der Waals surface area (Å²) in [6.45, 7) is 3.13. The minimum Gasteiger partial charge on any atom is -0.497 e. The minimum atomic E-state index is -0.758. The number of carbonyl (C=O) groups excluding carboxylic acids is 2. The van der Waals surface area contributed by atoms with Crippen LogP contribution in [0.25, 0.3) is 0 Å². The third-order valence-corrected chi connectivity index (χ3v) is 5.13. The van der Waals surface area contributed by atoms with E-state index in [2.05, 4.69) is 15.5 Å². The van der Waals surface area contributed by atoms with Crippen LogP contribution in [0.3, 0.4) is 0 Å². The Bertz CT molecular complexity index is 876. The Labute approximate surface area is 175 Å². The Hall–Kier alpha value is -3.04. The second-order valence-electron chi connectivity index (χ2n) is 6.94. The van der Waals surface area contributed by atoms with E-state index in [1.54, 1.807) is 18.2 Å². The fourth-order valence-electron chi connectivity index (χ4n) is 3.48. The SMILES string of the molecule is COc1ccc(NC(=O)C(=O)NC[C@@H](c2cccn2C)N2CCOCC2)c(OC)c1. The third kappa shape index (κ3) is 5.11. The molecule has 1 aromatic carbocycles. The zero-order valence-electron chi connectivity index (χ0n) is 17.5. The molecule has 9 nitrogen and oxygen atoms in total.